The molecule has 0 amide bonds. The summed E-state index contributed by atoms with van der Waals surface area (Å²) in [6.07, 6.45) is 1.01. The second-order valence-electron chi connectivity index (χ2n) is 4.60. The Kier molecular flexibility index (Phi) is 4.10. The minimum absolute atomic E-state index is 0.259. The molecule has 0 bridgehead atoms. The summed E-state index contributed by atoms with van der Waals surface area (Å²) in [5.41, 5.74) is 2.15. The van der Waals surface area contributed by atoms with Crippen molar-refractivity contribution in [2.24, 2.45) is 0 Å². The molecule has 1 aromatic heterocycles. The normalized spacial score (nSPS) is 10.5. The van der Waals surface area contributed by atoms with E-state index < -0.39 is 0 Å². The Bertz CT molecular complexity index is 582. The molecule has 2 aromatic rings. The van der Waals surface area contributed by atoms with E-state index in [0.29, 0.717) is 17.1 Å². The number of hydrogen-bond acceptors (Lipinski definition) is 3. The Morgan fingerprint density at radius 3 is 2.68 bits per heavy atom. The maximum Gasteiger partial charge on any atom is 0.132 e. The molecule has 19 heavy (non-hydrogen) atoms. The third-order valence-electron chi connectivity index (χ3n) is 2.79. The fourth-order valence-corrected chi connectivity index (χ4v) is 1.88. The van der Waals surface area contributed by atoms with Gasteiger partial charge in [0.1, 0.15) is 17.5 Å². The van der Waals surface area contributed by atoms with E-state index in [0.717, 1.165) is 24.3 Å². The number of aryl methyl sites for hydroxylation is 2. The van der Waals surface area contributed by atoms with Gasteiger partial charge in [0.2, 0.25) is 0 Å². The van der Waals surface area contributed by atoms with Crippen LogP contribution in [0.3, 0.4) is 0 Å². The summed E-state index contributed by atoms with van der Waals surface area (Å²) in [5.74, 6) is 1.12. The third kappa shape index (κ3) is 3.28. The van der Waals surface area contributed by atoms with Crippen molar-refractivity contribution in [3.63, 3.8) is 0 Å². The van der Waals surface area contributed by atoms with Crippen LogP contribution in [0, 0.1) is 19.7 Å². The molecule has 0 atom stereocenters. The highest BCUT2D eigenvalue weighted by Crippen LogP contribution is 2.24. The Morgan fingerprint density at radius 1 is 1.16 bits per heavy atom. The van der Waals surface area contributed by atoms with Crippen molar-refractivity contribution in [2.45, 2.75) is 27.2 Å². The maximum absolute atomic E-state index is 13.9. The summed E-state index contributed by atoms with van der Waals surface area (Å²) < 4.78 is 13.9. The van der Waals surface area contributed by atoms with Gasteiger partial charge < -0.3 is 5.32 Å². The van der Waals surface area contributed by atoms with E-state index >= 15 is 0 Å². The number of halogens is 1. The van der Waals surface area contributed by atoms with Gasteiger partial charge >= 0.3 is 0 Å². The number of hydrogen-bond donors (Lipinski definition) is 1. The van der Waals surface area contributed by atoms with E-state index in [1.165, 1.54) is 6.07 Å². The standard InChI is InChI=1S/C15H18FN3/c1-4-7-17-15-9-14(18-11(3)19-15)12-8-10(2)5-6-13(12)16/h5-6,8-9H,4,7H2,1-3H3,(H,17,18,19). The Hall–Kier alpha value is -1.97. The van der Waals surface area contributed by atoms with Crippen molar-refractivity contribution in [1.82, 2.24) is 9.97 Å². The molecular weight excluding hydrogens is 241 g/mol. The molecule has 3 nitrogen and oxygen atoms in total. The molecule has 0 spiro atoms. The van der Waals surface area contributed by atoms with Crippen LogP contribution in [0.15, 0.2) is 24.3 Å². The topological polar surface area (TPSA) is 37.8 Å². The molecule has 0 fully saturated rings. The molecule has 0 unspecified atom stereocenters. The van der Waals surface area contributed by atoms with E-state index in [1.54, 1.807) is 18.2 Å². The fourth-order valence-electron chi connectivity index (χ4n) is 1.88. The number of benzene rings is 1. The zero-order valence-corrected chi connectivity index (χ0v) is 11.5. The molecule has 100 valence electrons. The zero-order chi connectivity index (χ0) is 13.8. The Labute approximate surface area is 112 Å². The van der Waals surface area contributed by atoms with E-state index in [-0.39, 0.29) is 5.82 Å². The third-order valence-corrected chi connectivity index (χ3v) is 2.79. The van der Waals surface area contributed by atoms with Gasteiger partial charge in [-0.05, 0) is 32.4 Å². The van der Waals surface area contributed by atoms with Crippen molar-refractivity contribution in [1.29, 1.82) is 0 Å². The number of nitrogens with zero attached hydrogens (tertiary/aromatic N) is 2. The molecule has 0 aliphatic carbocycles. The molecule has 1 heterocycles. The lowest BCUT2D eigenvalue weighted by molar-refractivity contribution is 0.630. The average molecular weight is 259 g/mol. The molecule has 2 rings (SSSR count). The summed E-state index contributed by atoms with van der Waals surface area (Å²) in [7, 11) is 0. The van der Waals surface area contributed by atoms with Crippen LogP contribution < -0.4 is 5.32 Å². The maximum atomic E-state index is 13.9. The number of anilines is 1. The van der Waals surface area contributed by atoms with Crippen molar-refractivity contribution in [3.05, 3.63) is 41.5 Å². The fraction of sp³-hybridized carbons (Fsp3) is 0.333. The molecule has 0 saturated carbocycles. The highest BCUT2D eigenvalue weighted by Gasteiger charge is 2.09. The first kappa shape index (κ1) is 13.5. The number of aromatic nitrogens is 2. The molecule has 1 N–H and O–H groups in total. The predicted molar refractivity (Wildman–Crippen MR) is 75.7 cm³/mol. The quantitative estimate of drug-likeness (QED) is 0.909. The van der Waals surface area contributed by atoms with Crippen LogP contribution in [0.4, 0.5) is 10.2 Å². The zero-order valence-electron chi connectivity index (χ0n) is 11.5. The summed E-state index contributed by atoms with van der Waals surface area (Å²) >= 11 is 0. The van der Waals surface area contributed by atoms with Gasteiger partial charge in [0.25, 0.3) is 0 Å². The van der Waals surface area contributed by atoms with Crippen molar-refractivity contribution < 1.29 is 4.39 Å². The Balaban J connectivity index is 2.43. The van der Waals surface area contributed by atoms with E-state index in [9.17, 15) is 4.39 Å². The first-order valence-electron chi connectivity index (χ1n) is 6.46. The van der Waals surface area contributed by atoms with Crippen LogP contribution in [-0.2, 0) is 0 Å². The Morgan fingerprint density at radius 2 is 1.95 bits per heavy atom. The first-order chi connectivity index (χ1) is 9.10. The molecular formula is C15H18FN3. The SMILES string of the molecule is CCCNc1cc(-c2cc(C)ccc2F)nc(C)n1. The summed E-state index contributed by atoms with van der Waals surface area (Å²) in [4.78, 5) is 8.63. The predicted octanol–water partition coefficient (Wildman–Crippen LogP) is 3.72. The van der Waals surface area contributed by atoms with Crippen LogP contribution in [0.1, 0.15) is 24.7 Å². The molecule has 0 aliphatic rings. The van der Waals surface area contributed by atoms with Gasteiger partial charge in [-0.25, -0.2) is 14.4 Å². The summed E-state index contributed by atoms with van der Waals surface area (Å²) in [6.45, 7) is 6.68. The molecule has 4 heteroatoms. The lowest BCUT2D eigenvalue weighted by Crippen LogP contribution is -2.04. The van der Waals surface area contributed by atoms with Crippen LogP contribution in [-0.4, -0.2) is 16.5 Å². The molecule has 0 saturated heterocycles. The lowest BCUT2D eigenvalue weighted by Gasteiger charge is -2.09. The van der Waals surface area contributed by atoms with Crippen LogP contribution in [0.25, 0.3) is 11.3 Å². The molecule has 0 radical (unpaired) electrons. The van der Waals surface area contributed by atoms with Gasteiger partial charge in [-0.2, -0.15) is 0 Å². The van der Waals surface area contributed by atoms with Crippen LogP contribution >= 0.6 is 0 Å². The smallest absolute Gasteiger partial charge is 0.132 e. The van der Waals surface area contributed by atoms with Crippen molar-refractivity contribution in [3.8, 4) is 11.3 Å². The first-order valence-corrected chi connectivity index (χ1v) is 6.46. The highest BCUT2D eigenvalue weighted by atomic mass is 19.1. The van der Waals surface area contributed by atoms with E-state index in [1.807, 2.05) is 13.8 Å². The van der Waals surface area contributed by atoms with Gasteiger partial charge in [0.15, 0.2) is 0 Å². The summed E-state index contributed by atoms with van der Waals surface area (Å²) in [5, 5.41) is 3.21. The van der Waals surface area contributed by atoms with Crippen LogP contribution in [0.5, 0.6) is 0 Å². The van der Waals surface area contributed by atoms with Crippen LogP contribution in [0.2, 0.25) is 0 Å². The van der Waals surface area contributed by atoms with E-state index in [4.69, 9.17) is 0 Å². The number of nitrogens with one attached hydrogen (secondary N) is 1. The summed E-state index contributed by atoms with van der Waals surface area (Å²) in [6, 6.07) is 6.82. The largest absolute Gasteiger partial charge is 0.370 e. The van der Waals surface area contributed by atoms with Gasteiger partial charge in [-0.15, -0.1) is 0 Å². The van der Waals surface area contributed by atoms with E-state index in [2.05, 4.69) is 22.2 Å². The minimum Gasteiger partial charge on any atom is -0.370 e. The van der Waals surface area contributed by atoms with Crippen molar-refractivity contribution in [2.75, 3.05) is 11.9 Å². The van der Waals surface area contributed by atoms with Gasteiger partial charge in [-0.3, -0.25) is 0 Å². The van der Waals surface area contributed by atoms with Gasteiger partial charge in [-0.1, -0.05) is 18.6 Å². The number of rotatable bonds is 4. The minimum atomic E-state index is -0.259. The second-order valence-corrected chi connectivity index (χ2v) is 4.60. The molecule has 1 aromatic carbocycles. The van der Waals surface area contributed by atoms with Gasteiger partial charge in [0, 0.05) is 18.2 Å². The monoisotopic (exact) mass is 259 g/mol. The van der Waals surface area contributed by atoms with Gasteiger partial charge in [0.05, 0.1) is 5.69 Å². The second kappa shape index (κ2) is 5.78. The molecule has 0 aliphatic heterocycles. The average Bonchev–Trinajstić information content (AvgIpc) is 2.38. The van der Waals surface area contributed by atoms with Crippen molar-refractivity contribution >= 4 is 5.82 Å². The lowest BCUT2D eigenvalue weighted by atomic mass is 10.1. The highest BCUT2D eigenvalue weighted by molar-refractivity contribution is 5.64.